The third kappa shape index (κ3) is 3.22. The SMILES string of the molecule is C[C@H](N)c1ccc(OCc2ccccc2Cl)nc1. The van der Waals surface area contributed by atoms with E-state index in [4.69, 9.17) is 22.1 Å². The van der Waals surface area contributed by atoms with E-state index < -0.39 is 0 Å². The number of pyridine rings is 1. The van der Waals surface area contributed by atoms with Gasteiger partial charge in [0.2, 0.25) is 5.88 Å². The van der Waals surface area contributed by atoms with Crippen molar-refractivity contribution >= 4 is 11.6 Å². The highest BCUT2D eigenvalue weighted by molar-refractivity contribution is 6.31. The molecule has 18 heavy (non-hydrogen) atoms. The predicted octanol–water partition coefficient (Wildman–Crippen LogP) is 3.33. The Morgan fingerprint density at radius 2 is 2.06 bits per heavy atom. The average Bonchev–Trinajstić information content (AvgIpc) is 2.38. The third-order valence-electron chi connectivity index (χ3n) is 2.62. The normalized spacial score (nSPS) is 12.2. The van der Waals surface area contributed by atoms with Crippen LogP contribution < -0.4 is 10.5 Å². The summed E-state index contributed by atoms with van der Waals surface area (Å²) in [5, 5.41) is 0.699. The van der Waals surface area contributed by atoms with Gasteiger partial charge < -0.3 is 10.5 Å². The molecule has 0 bridgehead atoms. The molecule has 0 aliphatic rings. The highest BCUT2D eigenvalue weighted by atomic mass is 35.5. The Morgan fingerprint density at radius 1 is 1.28 bits per heavy atom. The molecule has 2 N–H and O–H groups in total. The van der Waals surface area contributed by atoms with Crippen LogP contribution in [0.15, 0.2) is 42.6 Å². The number of nitrogens with zero attached hydrogens (tertiary/aromatic N) is 1. The van der Waals surface area contributed by atoms with Crippen molar-refractivity contribution in [2.45, 2.75) is 19.6 Å². The molecule has 0 aliphatic carbocycles. The van der Waals surface area contributed by atoms with Gasteiger partial charge in [-0.2, -0.15) is 0 Å². The number of hydrogen-bond acceptors (Lipinski definition) is 3. The molecular formula is C14H15ClN2O. The van der Waals surface area contributed by atoms with Crippen molar-refractivity contribution in [3.63, 3.8) is 0 Å². The fraction of sp³-hybridized carbons (Fsp3) is 0.214. The first kappa shape index (κ1) is 12.9. The van der Waals surface area contributed by atoms with Gasteiger partial charge in [0.15, 0.2) is 0 Å². The van der Waals surface area contributed by atoms with Crippen LogP contribution >= 0.6 is 11.6 Å². The Labute approximate surface area is 112 Å². The van der Waals surface area contributed by atoms with Crippen molar-refractivity contribution in [3.05, 3.63) is 58.7 Å². The lowest BCUT2D eigenvalue weighted by Gasteiger charge is -2.08. The van der Waals surface area contributed by atoms with Crippen molar-refractivity contribution < 1.29 is 4.74 Å². The van der Waals surface area contributed by atoms with Crippen LogP contribution in [0.3, 0.4) is 0 Å². The second-order valence-corrected chi connectivity index (χ2v) is 4.51. The largest absolute Gasteiger partial charge is 0.473 e. The van der Waals surface area contributed by atoms with E-state index in [0.717, 1.165) is 11.1 Å². The summed E-state index contributed by atoms with van der Waals surface area (Å²) in [6, 6.07) is 11.3. The minimum absolute atomic E-state index is 0.0184. The van der Waals surface area contributed by atoms with Crippen molar-refractivity contribution in [2.24, 2.45) is 5.73 Å². The fourth-order valence-corrected chi connectivity index (χ4v) is 1.70. The van der Waals surface area contributed by atoms with E-state index in [1.165, 1.54) is 0 Å². The molecule has 0 spiro atoms. The van der Waals surface area contributed by atoms with Crippen LogP contribution in [0.25, 0.3) is 0 Å². The molecule has 0 saturated carbocycles. The molecule has 0 aliphatic heterocycles. The zero-order valence-corrected chi connectivity index (χ0v) is 10.9. The summed E-state index contributed by atoms with van der Waals surface area (Å²) in [6.45, 7) is 2.32. The molecule has 1 aromatic heterocycles. The molecule has 1 heterocycles. The molecule has 0 radical (unpaired) electrons. The summed E-state index contributed by atoms with van der Waals surface area (Å²) in [5.41, 5.74) is 7.68. The van der Waals surface area contributed by atoms with Gasteiger partial charge in [0, 0.05) is 28.9 Å². The van der Waals surface area contributed by atoms with Gasteiger partial charge in [-0.15, -0.1) is 0 Å². The van der Waals surface area contributed by atoms with Crippen LogP contribution in [0.2, 0.25) is 5.02 Å². The first-order valence-corrected chi connectivity index (χ1v) is 6.12. The first-order chi connectivity index (χ1) is 8.66. The molecule has 3 nitrogen and oxygen atoms in total. The van der Waals surface area contributed by atoms with E-state index >= 15 is 0 Å². The third-order valence-corrected chi connectivity index (χ3v) is 2.99. The van der Waals surface area contributed by atoms with Gasteiger partial charge in [-0.3, -0.25) is 0 Å². The van der Waals surface area contributed by atoms with Crippen LogP contribution in [-0.2, 0) is 6.61 Å². The summed E-state index contributed by atoms with van der Waals surface area (Å²) in [6.07, 6.45) is 1.73. The maximum atomic E-state index is 6.04. The molecule has 1 aromatic carbocycles. The van der Waals surface area contributed by atoms with Crippen molar-refractivity contribution in [2.75, 3.05) is 0 Å². The molecule has 0 fully saturated rings. The molecule has 2 rings (SSSR count). The number of halogens is 1. The van der Waals surface area contributed by atoms with E-state index in [9.17, 15) is 0 Å². The highest BCUT2D eigenvalue weighted by Crippen LogP contribution is 2.18. The molecule has 1 atom stereocenters. The van der Waals surface area contributed by atoms with Gasteiger partial charge in [0.05, 0.1) is 0 Å². The van der Waals surface area contributed by atoms with Crippen LogP contribution in [0, 0.1) is 0 Å². The number of nitrogens with two attached hydrogens (primary N) is 1. The summed E-state index contributed by atoms with van der Waals surface area (Å²) in [4.78, 5) is 4.20. The lowest BCUT2D eigenvalue weighted by molar-refractivity contribution is 0.294. The second kappa shape index (κ2) is 5.85. The molecular weight excluding hydrogens is 248 g/mol. The van der Waals surface area contributed by atoms with Crippen molar-refractivity contribution in [3.8, 4) is 5.88 Å². The van der Waals surface area contributed by atoms with Crippen LogP contribution in [0.5, 0.6) is 5.88 Å². The maximum Gasteiger partial charge on any atom is 0.213 e. The van der Waals surface area contributed by atoms with Gasteiger partial charge >= 0.3 is 0 Å². The topological polar surface area (TPSA) is 48.1 Å². The molecule has 4 heteroatoms. The quantitative estimate of drug-likeness (QED) is 0.919. The van der Waals surface area contributed by atoms with E-state index in [0.29, 0.717) is 17.5 Å². The number of ether oxygens (including phenoxy) is 1. The standard InChI is InChI=1S/C14H15ClN2O/c1-10(16)11-6-7-14(17-8-11)18-9-12-4-2-3-5-13(12)15/h2-8,10H,9,16H2,1H3/t10-/m0/s1. The number of rotatable bonds is 4. The minimum atomic E-state index is -0.0184. The van der Waals surface area contributed by atoms with Crippen LogP contribution in [0.1, 0.15) is 24.1 Å². The Kier molecular flexibility index (Phi) is 4.18. The monoisotopic (exact) mass is 262 g/mol. The molecule has 0 saturated heterocycles. The van der Waals surface area contributed by atoms with E-state index in [2.05, 4.69) is 4.98 Å². The second-order valence-electron chi connectivity index (χ2n) is 4.10. The number of benzene rings is 1. The van der Waals surface area contributed by atoms with E-state index in [1.54, 1.807) is 6.20 Å². The average molecular weight is 263 g/mol. The van der Waals surface area contributed by atoms with Crippen molar-refractivity contribution in [1.29, 1.82) is 0 Å². The fourth-order valence-electron chi connectivity index (χ4n) is 1.51. The van der Waals surface area contributed by atoms with Gasteiger partial charge in [0.1, 0.15) is 6.61 Å². The Balaban J connectivity index is 2.00. The lowest BCUT2D eigenvalue weighted by Crippen LogP contribution is -2.05. The zero-order valence-electron chi connectivity index (χ0n) is 10.1. The van der Waals surface area contributed by atoms with E-state index in [-0.39, 0.29) is 6.04 Å². The molecule has 94 valence electrons. The predicted molar refractivity (Wildman–Crippen MR) is 72.6 cm³/mol. The summed E-state index contributed by atoms with van der Waals surface area (Å²) in [5.74, 6) is 0.569. The van der Waals surface area contributed by atoms with Crippen LogP contribution in [-0.4, -0.2) is 4.98 Å². The number of aromatic nitrogens is 1. The van der Waals surface area contributed by atoms with Gasteiger partial charge in [-0.25, -0.2) is 4.98 Å². The smallest absolute Gasteiger partial charge is 0.213 e. The van der Waals surface area contributed by atoms with Gasteiger partial charge in [-0.1, -0.05) is 35.9 Å². The Bertz CT molecular complexity index is 511. The highest BCUT2D eigenvalue weighted by Gasteiger charge is 2.03. The van der Waals surface area contributed by atoms with E-state index in [1.807, 2.05) is 43.3 Å². The van der Waals surface area contributed by atoms with Gasteiger partial charge in [-0.05, 0) is 18.6 Å². The molecule has 2 aromatic rings. The zero-order chi connectivity index (χ0) is 13.0. The van der Waals surface area contributed by atoms with Crippen molar-refractivity contribution in [1.82, 2.24) is 4.98 Å². The molecule has 0 unspecified atom stereocenters. The summed E-state index contributed by atoms with van der Waals surface area (Å²) >= 11 is 6.04. The minimum Gasteiger partial charge on any atom is -0.473 e. The first-order valence-electron chi connectivity index (χ1n) is 5.74. The van der Waals surface area contributed by atoms with Crippen LogP contribution in [0.4, 0.5) is 0 Å². The van der Waals surface area contributed by atoms with Gasteiger partial charge in [0.25, 0.3) is 0 Å². The summed E-state index contributed by atoms with van der Waals surface area (Å²) in [7, 11) is 0. The maximum absolute atomic E-state index is 6.04. The Hall–Kier alpha value is -1.58. The summed E-state index contributed by atoms with van der Waals surface area (Å²) < 4.78 is 5.57. The lowest BCUT2D eigenvalue weighted by atomic mass is 10.2. The Morgan fingerprint density at radius 3 is 2.67 bits per heavy atom. The number of hydrogen-bond donors (Lipinski definition) is 1. The molecule has 0 amide bonds.